The minimum atomic E-state index is -0.709. The Hall–Kier alpha value is -3.62. The molecule has 0 amide bonds. The summed E-state index contributed by atoms with van der Waals surface area (Å²) in [5.41, 5.74) is 7.67. The number of hydrogen-bond donors (Lipinski definition) is 3. The highest BCUT2D eigenvalue weighted by Crippen LogP contribution is 2.34. The van der Waals surface area contributed by atoms with E-state index in [1.807, 2.05) is 32.9 Å². The molecule has 0 spiro atoms. The van der Waals surface area contributed by atoms with Crippen LogP contribution in [0.15, 0.2) is 48.1 Å². The lowest BCUT2D eigenvalue weighted by Crippen LogP contribution is -2.37. The highest BCUT2D eigenvalue weighted by Gasteiger charge is 2.37. The highest BCUT2D eigenvalue weighted by atomic mass is 16.3. The van der Waals surface area contributed by atoms with Crippen molar-refractivity contribution in [2.24, 2.45) is 10.9 Å². The summed E-state index contributed by atoms with van der Waals surface area (Å²) >= 11 is 0. The summed E-state index contributed by atoms with van der Waals surface area (Å²) in [7, 11) is 0. The van der Waals surface area contributed by atoms with Crippen LogP contribution in [-0.4, -0.2) is 42.0 Å². The number of pyridine rings is 1. The number of aromatic amines is 1. The summed E-state index contributed by atoms with van der Waals surface area (Å²) in [6, 6.07) is 3.78. The minimum absolute atomic E-state index is 0.00534. The Morgan fingerprint density at radius 1 is 1.18 bits per heavy atom. The quantitative estimate of drug-likeness (QED) is 0.351. The first-order valence-corrected chi connectivity index (χ1v) is 8.75. The van der Waals surface area contributed by atoms with Gasteiger partial charge < -0.3 is 10.8 Å². The lowest BCUT2D eigenvalue weighted by molar-refractivity contribution is 0.442. The van der Waals surface area contributed by atoms with Crippen molar-refractivity contribution < 1.29 is 5.11 Å². The molecule has 3 aromatic heterocycles. The third-order valence-electron chi connectivity index (χ3n) is 4.97. The highest BCUT2D eigenvalue weighted by molar-refractivity contribution is 6.04. The van der Waals surface area contributed by atoms with Crippen LogP contribution in [0.5, 0.6) is 0 Å². The van der Waals surface area contributed by atoms with Gasteiger partial charge in [-0.2, -0.15) is 5.10 Å². The summed E-state index contributed by atoms with van der Waals surface area (Å²) in [6.45, 7) is 5.98. The second-order valence-corrected chi connectivity index (χ2v) is 6.92. The Morgan fingerprint density at radius 2 is 1.89 bits per heavy atom. The molecule has 6 N–H and O–H groups in total. The fourth-order valence-corrected chi connectivity index (χ4v) is 2.76. The Morgan fingerprint density at radius 3 is 2.43 bits per heavy atom. The number of aliphatic imine (C=N–C) groups is 1. The largest absolute Gasteiger partial charge is 0.578 e. The van der Waals surface area contributed by atoms with Gasteiger partial charge in [-0.1, -0.05) is 19.9 Å². The molecule has 0 saturated heterocycles. The third kappa shape index (κ3) is 3.59. The lowest BCUT2D eigenvalue weighted by atomic mass is 9.73. The van der Waals surface area contributed by atoms with Crippen LogP contribution in [0.4, 0.5) is 5.95 Å². The molecule has 3 rings (SSSR count). The van der Waals surface area contributed by atoms with E-state index in [2.05, 4.69) is 30.1 Å². The second-order valence-electron chi connectivity index (χ2n) is 6.92. The summed E-state index contributed by atoms with van der Waals surface area (Å²) in [5.74, 6) is 0.365. The Labute approximate surface area is 162 Å². The van der Waals surface area contributed by atoms with E-state index in [1.165, 1.54) is 6.20 Å². The van der Waals surface area contributed by atoms with Gasteiger partial charge >= 0.3 is 5.90 Å². The standard InChI is InChI=1S/C19H22N8O/c1-11(2)19(3,17(20)27-16(28)13-8-25-26-9-13)14-4-5-15(22-10-14)12-6-23-18(21)24-7-12/h4-11H,1-3H3,(H,25,26)(H2,20,27,28)(H2,21,23,24)/p+1/t19-/m1/s1. The minimum Gasteiger partial charge on any atom is -0.578 e. The van der Waals surface area contributed by atoms with Crippen molar-refractivity contribution in [3.05, 3.63) is 54.2 Å². The molecule has 0 unspecified atom stereocenters. The van der Waals surface area contributed by atoms with Gasteiger partial charge in [0.1, 0.15) is 11.4 Å². The molecule has 1 atom stereocenters. The molecule has 9 nitrogen and oxygen atoms in total. The average Bonchev–Trinajstić information content (AvgIpc) is 3.23. The average molecular weight is 379 g/mol. The van der Waals surface area contributed by atoms with Crippen LogP contribution in [0.3, 0.4) is 0 Å². The Balaban J connectivity index is 1.93. The number of H-pyrrole nitrogens is 1. The molecule has 3 heterocycles. The summed E-state index contributed by atoms with van der Waals surface area (Å²) in [6.07, 6.45) is 8.07. The number of nitrogen functional groups attached to an aromatic ring is 1. The van der Waals surface area contributed by atoms with Crippen LogP contribution in [0, 0.1) is 11.3 Å². The van der Waals surface area contributed by atoms with E-state index in [4.69, 9.17) is 16.2 Å². The maximum absolute atomic E-state index is 8.58. The summed E-state index contributed by atoms with van der Waals surface area (Å²) in [4.78, 5) is 16.7. The van der Waals surface area contributed by atoms with Gasteiger partial charge in [0.15, 0.2) is 0 Å². The number of nitrogens with two attached hydrogens (primary N) is 1. The molecule has 0 bridgehead atoms. The third-order valence-corrected chi connectivity index (χ3v) is 4.97. The molecule has 144 valence electrons. The maximum atomic E-state index is 8.58. The molecule has 0 saturated carbocycles. The molecular weight excluding hydrogens is 356 g/mol. The van der Waals surface area contributed by atoms with Crippen molar-refractivity contribution in [3.63, 3.8) is 0 Å². The Bertz CT molecular complexity index is 978. The van der Waals surface area contributed by atoms with Crippen LogP contribution in [0.25, 0.3) is 11.3 Å². The lowest BCUT2D eigenvalue weighted by Gasteiger charge is -2.32. The predicted molar refractivity (Wildman–Crippen MR) is 108 cm³/mol. The van der Waals surface area contributed by atoms with Crippen LogP contribution in [0.1, 0.15) is 31.9 Å². The summed E-state index contributed by atoms with van der Waals surface area (Å²) < 4.78 is 0. The fourth-order valence-electron chi connectivity index (χ4n) is 2.76. The summed E-state index contributed by atoms with van der Waals surface area (Å²) in [5, 5.41) is 23.2. The van der Waals surface area contributed by atoms with E-state index in [9.17, 15) is 0 Å². The molecule has 0 aromatic carbocycles. The van der Waals surface area contributed by atoms with Gasteiger partial charge in [-0.15, -0.1) is 4.99 Å². The predicted octanol–water partition coefficient (Wildman–Crippen LogP) is 1.91. The van der Waals surface area contributed by atoms with Crippen LogP contribution in [0.2, 0.25) is 0 Å². The zero-order valence-electron chi connectivity index (χ0n) is 15.9. The molecule has 0 aliphatic carbocycles. The van der Waals surface area contributed by atoms with E-state index < -0.39 is 5.41 Å². The van der Waals surface area contributed by atoms with Gasteiger partial charge in [0.05, 0.1) is 17.3 Å². The van der Waals surface area contributed by atoms with Crippen molar-refractivity contribution >= 4 is 17.7 Å². The zero-order chi connectivity index (χ0) is 20.3. The topological polar surface area (TPSA) is 152 Å². The van der Waals surface area contributed by atoms with Gasteiger partial charge in [0, 0.05) is 30.4 Å². The van der Waals surface area contributed by atoms with E-state index in [-0.39, 0.29) is 23.6 Å². The number of nitrogens with one attached hydrogen (secondary N) is 2. The van der Waals surface area contributed by atoms with Crippen molar-refractivity contribution in [2.45, 2.75) is 26.2 Å². The molecular formula is C19H23N8O+. The second kappa shape index (κ2) is 7.55. The SMILES string of the molecule is CC(C)[C@@](C)(C(=N)N=C([OH2+])c1cn[nH]c1)c1ccc(-c2cnc(N)nc2)nc1. The van der Waals surface area contributed by atoms with Gasteiger partial charge in [-0.25, -0.2) is 9.97 Å². The number of aromatic nitrogens is 5. The van der Waals surface area contributed by atoms with Gasteiger partial charge in [0.2, 0.25) is 5.95 Å². The Kier molecular flexibility index (Phi) is 5.16. The monoisotopic (exact) mass is 379 g/mol. The van der Waals surface area contributed by atoms with E-state index in [0.29, 0.717) is 11.3 Å². The number of amidine groups is 1. The van der Waals surface area contributed by atoms with Crippen molar-refractivity contribution in [1.29, 1.82) is 5.41 Å². The van der Waals surface area contributed by atoms with Crippen LogP contribution >= 0.6 is 0 Å². The molecule has 9 heteroatoms. The smallest absolute Gasteiger partial charge is 0.369 e. The van der Waals surface area contributed by atoms with Gasteiger partial charge in [0.25, 0.3) is 0 Å². The maximum Gasteiger partial charge on any atom is 0.369 e. The van der Waals surface area contributed by atoms with E-state index in [0.717, 1.165) is 11.1 Å². The number of anilines is 1. The van der Waals surface area contributed by atoms with Gasteiger partial charge in [-0.05, 0) is 24.5 Å². The fraction of sp³-hybridized carbons (Fsp3) is 0.263. The molecule has 0 aliphatic heterocycles. The number of rotatable bonds is 5. The van der Waals surface area contributed by atoms with E-state index >= 15 is 0 Å². The first kappa shape index (κ1) is 19.2. The normalized spacial score (nSPS) is 14.1. The molecule has 3 aromatic rings. The molecule has 28 heavy (non-hydrogen) atoms. The van der Waals surface area contributed by atoms with Crippen LogP contribution in [-0.2, 0) is 5.41 Å². The first-order valence-electron chi connectivity index (χ1n) is 8.75. The number of nitrogens with zero attached hydrogens (tertiary/aromatic N) is 5. The molecule has 0 radical (unpaired) electrons. The van der Waals surface area contributed by atoms with Gasteiger partial charge in [-0.3, -0.25) is 15.5 Å². The van der Waals surface area contributed by atoms with Crippen LogP contribution < -0.4 is 5.73 Å². The van der Waals surface area contributed by atoms with Crippen molar-refractivity contribution in [2.75, 3.05) is 5.73 Å². The molecule has 0 aliphatic rings. The molecule has 0 fully saturated rings. The van der Waals surface area contributed by atoms with E-state index in [1.54, 1.807) is 24.8 Å². The first-order chi connectivity index (χ1) is 13.3. The van der Waals surface area contributed by atoms with Crippen molar-refractivity contribution in [3.8, 4) is 11.3 Å². The van der Waals surface area contributed by atoms with Crippen molar-refractivity contribution in [1.82, 2.24) is 25.1 Å². The number of hydrogen-bond acceptors (Lipinski definition) is 6. The zero-order valence-corrected chi connectivity index (χ0v) is 15.9.